The molecule has 0 saturated carbocycles. The summed E-state index contributed by atoms with van der Waals surface area (Å²) < 4.78 is 12.9. The summed E-state index contributed by atoms with van der Waals surface area (Å²) in [4.78, 5) is 4.41. The molecule has 3 aromatic rings. The molecule has 0 aliphatic carbocycles. The molecule has 6 heteroatoms. The molecule has 22 heavy (non-hydrogen) atoms. The number of nitrogens with one attached hydrogen (secondary N) is 1. The van der Waals surface area contributed by atoms with Crippen LogP contribution >= 0.6 is 28.3 Å². The van der Waals surface area contributed by atoms with Crippen LogP contribution in [0, 0.1) is 5.82 Å². The van der Waals surface area contributed by atoms with Gasteiger partial charge in [-0.25, -0.2) is 9.37 Å². The minimum absolute atomic E-state index is 0. The zero-order valence-electron chi connectivity index (χ0n) is 11.4. The first-order chi connectivity index (χ1) is 10.3. The summed E-state index contributed by atoms with van der Waals surface area (Å²) in [7, 11) is 0. The van der Waals surface area contributed by atoms with Crippen molar-refractivity contribution in [1.29, 1.82) is 0 Å². The molecule has 0 aliphatic rings. The number of hydrogen-bond acceptors (Lipinski definition) is 4. The predicted octanol–water partition coefficient (Wildman–Crippen LogP) is 4.97. The Bertz CT molecular complexity index is 742. The van der Waals surface area contributed by atoms with Gasteiger partial charge >= 0.3 is 0 Å². The van der Waals surface area contributed by atoms with Crippen molar-refractivity contribution in [3.05, 3.63) is 71.4 Å². The quantitative estimate of drug-likeness (QED) is 0.514. The summed E-state index contributed by atoms with van der Waals surface area (Å²) in [5, 5.41) is 6.75. The molecular weight excluding hydrogens is 365 g/mol. The Morgan fingerprint density at radius 3 is 2.50 bits per heavy atom. The third-order valence-electron chi connectivity index (χ3n) is 2.82. The number of anilines is 1. The average Bonchev–Trinajstić information content (AvgIpc) is 2.98. The molecule has 0 bridgehead atoms. The van der Waals surface area contributed by atoms with Crippen LogP contribution in [-0.2, 0) is 0 Å². The van der Waals surface area contributed by atoms with Crippen molar-refractivity contribution in [3.63, 3.8) is 0 Å². The number of halogens is 2. The Balaban J connectivity index is 0.00000176. The first-order valence-corrected chi connectivity index (χ1v) is 7.25. The minimum Gasteiger partial charge on any atom is -0.253 e. The summed E-state index contributed by atoms with van der Waals surface area (Å²) in [6.07, 6.45) is 1.74. The van der Waals surface area contributed by atoms with Crippen LogP contribution < -0.4 is 5.43 Å². The van der Waals surface area contributed by atoms with E-state index in [0.717, 1.165) is 16.8 Å². The van der Waals surface area contributed by atoms with E-state index < -0.39 is 0 Å². The maximum Gasteiger partial charge on any atom is 0.203 e. The van der Waals surface area contributed by atoms with Gasteiger partial charge in [0.2, 0.25) is 5.13 Å². The van der Waals surface area contributed by atoms with Gasteiger partial charge in [0.1, 0.15) is 5.82 Å². The highest BCUT2D eigenvalue weighted by atomic mass is 79.9. The number of thiazole rings is 1. The van der Waals surface area contributed by atoms with Crippen molar-refractivity contribution in [2.45, 2.75) is 0 Å². The molecule has 0 atom stereocenters. The molecule has 1 heterocycles. The second kappa shape index (κ2) is 7.82. The van der Waals surface area contributed by atoms with E-state index >= 15 is 0 Å². The Hall–Kier alpha value is -2.05. The van der Waals surface area contributed by atoms with Crippen LogP contribution in [0.4, 0.5) is 9.52 Å². The third-order valence-corrected chi connectivity index (χ3v) is 3.56. The summed E-state index contributed by atoms with van der Waals surface area (Å²) in [5.41, 5.74) is 5.60. The lowest BCUT2D eigenvalue weighted by molar-refractivity contribution is 0.628. The van der Waals surface area contributed by atoms with Gasteiger partial charge in [-0.1, -0.05) is 30.3 Å². The van der Waals surface area contributed by atoms with Crippen LogP contribution in [-0.4, -0.2) is 11.2 Å². The highest BCUT2D eigenvalue weighted by Gasteiger charge is 2.03. The summed E-state index contributed by atoms with van der Waals surface area (Å²) >= 11 is 1.45. The first-order valence-electron chi connectivity index (χ1n) is 6.37. The number of aromatic nitrogens is 1. The largest absolute Gasteiger partial charge is 0.253 e. The van der Waals surface area contributed by atoms with Gasteiger partial charge in [-0.2, -0.15) is 5.10 Å². The Kier molecular flexibility index (Phi) is 5.80. The lowest BCUT2D eigenvalue weighted by Crippen LogP contribution is -1.89. The summed E-state index contributed by atoms with van der Waals surface area (Å²) in [6, 6.07) is 16.1. The van der Waals surface area contributed by atoms with Gasteiger partial charge in [0, 0.05) is 10.9 Å². The number of hydrazone groups is 1. The Morgan fingerprint density at radius 1 is 1.05 bits per heavy atom. The van der Waals surface area contributed by atoms with Gasteiger partial charge in [0.05, 0.1) is 11.9 Å². The van der Waals surface area contributed by atoms with E-state index in [0.29, 0.717) is 5.13 Å². The van der Waals surface area contributed by atoms with Crippen LogP contribution in [0.1, 0.15) is 5.56 Å². The molecule has 3 rings (SSSR count). The summed E-state index contributed by atoms with van der Waals surface area (Å²) in [5.74, 6) is -0.250. The summed E-state index contributed by atoms with van der Waals surface area (Å²) in [6.45, 7) is 0. The van der Waals surface area contributed by atoms with Crippen molar-refractivity contribution in [2.75, 3.05) is 5.43 Å². The maximum absolute atomic E-state index is 12.9. The van der Waals surface area contributed by atoms with Crippen LogP contribution in [0.25, 0.3) is 11.3 Å². The van der Waals surface area contributed by atoms with Gasteiger partial charge in [0.15, 0.2) is 0 Å². The molecule has 1 N–H and O–H groups in total. The van der Waals surface area contributed by atoms with E-state index in [-0.39, 0.29) is 22.8 Å². The fourth-order valence-electron chi connectivity index (χ4n) is 1.78. The average molecular weight is 378 g/mol. The standard InChI is InChI=1S/C16H12FN3S.BrH/c17-14-8-6-13(7-9-14)15-11-21-16(19-15)20-18-10-12-4-2-1-3-5-12;/h1-11H,(H,19,20);1H/b18-10+;. The molecule has 2 aromatic carbocycles. The van der Waals surface area contributed by atoms with Gasteiger partial charge in [-0.3, -0.25) is 5.43 Å². The Labute approximate surface area is 142 Å². The normalized spacial score (nSPS) is 10.4. The van der Waals surface area contributed by atoms with Gasteiger partial charge in [0.25, 0.3) is 0 Å². The van der Waals surface area contributed by atoms with E-state index in [1.54, 1.807) is 18.3 Å². The van der Waals surface area contributed by atoms with E-state index in [1.165, 1.54) is 23.5 Å². The molecule has 0 amide bonds. The number of rotatable bonds is 4. The number of nitrogens with zero attached hydrogens (tertiary/aromatic N) is 2. The maximum atomic E-state index is 12.9. The van der Waals surface area contributed by atoms with Crippen LogP contribution in [0.5, 0.6) is 0 Å². The molecule has 0 radical (unpaired) electrons. The molecule has 112 valence electrons. The monoisotopic (exact) mass is 377 g/mol. The first kappa shape index (κ1) is 16.3. The van der Waals surface area contributed by atoms with Crippen molar-refractivity contribution in [2.24, 2.45) is 5.10 Å². The fourth-order valence-corrected chi connectivity index (χ4v) is 2.45. The lowest BCUT2D eigenvalue weighted by atomic mass is 10.2. The molecule has 0 saturated heterocycles. The molecule has 3 nitrogen and oxygen atoms in total. The van der Waals surface area contributed by atoms with Crippen molar-refractivity contribution in [1.82, 2.24) is 4.98 Å². The van der Waals surface area contributed by atoms with Crippen molar-refractivity contribution < 1.29 is 4.39 Å². The zero-order valence-corrected chi connectivity index (χ0v) is 14.0. The minimum atomic E-state index is -0.250. The second-order valence-electron chi connectivity index (χ2n) is 4.33. The highest BCUT2D eigenvalue weighted by Crippen LogP contribution is 2.24. The van der Waals surface area contributed by atoms with E-state index in [2.05, 4.69) is 15.5 Å². The Morgan fingerprint density at radius 2 is 1.77 bits per heavy atom. The van der Waals surface area contributed by atoms with E-state index in [9.17, 15) is 4.39 Å². The molecule has 1 aromatic heterocycles. The van der Waals surface area contributed by atoms with Crippen molar-refractivity contribution in [3.8, 4) is 11.3 Å². The number of hydrogen-bond donors (Lipinski definition) is 1. The third kappa shape index (κ3) is 4.22. The van der Waals surface area contributed by atoms with Gasteiger partial charge < -0.3 is 0 Å². The molecule has 0 fully saturated rings. The van der Waals surface area contributed by atoms with Crippen LogP contribution in [0.3, 0.4) is 0 Å². The lowest BCUT2D eigenvalue weighted by Gasteiger charge is -1.96. The highest BCUT2D eigenvalue weighted by molar-refractivity contribution is 8.93. The number of benzene rings is 2. The smallest absolute Gasteiger partial charge is 0.203 e. The molecule has 0 unspecified atom stereocenters. The van der Waals surface area contributed by atoms with Crippen molar-refractivity contribution >= 4 is 39.7 Å². The predicted molar refractivity (Wildman–Crippen MR) is 95.5 cm³/mol. The van der Waals surface area contributed by atoms with E-state index in [4.69, 9.17) is 0 Å². The fraction of sp³-hybridized carbons (Fsp3) is 0. The molecular formula is C16H13BrFN3S. The van der Waals surface area contributed by atoms with Gasteiger partial charge in [-0.15, -0.1) is 28.3 Å². The van der Waals surface area contributed by atoms with Gasteiger partial charge in [-0.05, 0) is 29.8 Å². The van der Waals surface area contributed by atoms with Crippen LogP contribution in [0.15, 0.2) is 65.1 Å². The second-order valence-corrected chi connectivity index (χ2v) is 5.18. The SMILES string of the molecule is Br.Fc1ccc(-c2csc(N/N=C/c3ccccc3)n2)cc1. The molecule has 0 aliphatic heterocycles. The topological polar surface area (TPSA) is 37.3 Å². The molecule has 0 spiro atoms. The van der Waals surface area contributed by atoms with E-state index in [1.807, 2.05) is 35.7 Å². The zero-order chi connectivity index (χ0) is 14.5. The van der Waals surface area contributed by atoms with Crippen LogP contribution in [0.2, 0.25) is 0 Å².